The number of halogens is 2. The van der Waals surface area contributed by atoms with Gasteiger partial charge in [-0.25, -0.2) is 4.39 Å². The van der Waals surface area contributed by atoms with E-state index in [1.165, 1.54) is 17.3 Å². The van der Waals surface area contributed by atoms with E-state index in [0.29, 0.717) is 17.6 Å². The number of aryl methyl sites for hydroxylation is 1. The van der Waals surface area contributed by atoms with Crippen LogP contribution in [0.1, 0.15) is 36.4 Å². The van der Waals surface area contributed by atoms with Gasteiger partial charge in [-0.3, -0.25) is 4.68 Å². The van der Waals surface area contributed by atoms with E-state index in [0.717, 1.165) is 30.5 Å². The van der Waals surface area contributed by atoms with Gasteiger partial charge in [0.2, 0.25) is 0 Å². The fourth-order valence-corrected chi connectivity index (χ4v) is 3.05. The molecule has 114 valence electrons. The molecule has 21 heavy (non-hydrogen) atoms. The molecule has 1 aromatic heterocycles. The molecule has 1 heterocycles. The summed E-state index contributed by atoms with van der Waals surface area (Å²) in [7, 11) is 0. The molecule has 2 rings (SSSR count). The van der Waals surface area contributed by atoms with Gasteiger partial charge < -0.3 is 5.73 Å². The summed E-state index contributed by atoms with van der Waals surface area (Å²) in [5.41, 5.74) is 10.2. The lowest BCUT2D eigenvalue weighted by atomic mass is 10.1. The van der Waals surface area contributed by atoms with Crippen LogP contribution in [0.5, 0.6) is 0 Å². The van der Waals surface area contributed by atoms with Crippen molar-refractivity contribution in [3.05, 3.63) is 51.0 Å². The molecule has 0 atom stereocenters. The SMILES string of the molecule is CCc1nn(Cc2cccc(F)c2Br)c(CC)c1CCN. The van der Waals surface area contributed by atoms with Gasteiger partial charge in [0.25, 0.3) is 0 Å². The molecule has 2 N–H and O–H groups in total. The van der Waals surface area contributed by atoms with Crippen molar-refractivity contribution in [3.63, 3.8) is 0 Å². The van der Waals surface area contributed by atoms with E-state index >= 15 is 0 Å². The number of aromatic nitrogens is 2. The summed E-state index contributed by atoms with van der Waals surface area (Å²) < 4.78 is 16.1. The number of nitrogens with zero attached hydrogens (tertiary/aromatic N) is 2. The van der Waals surface area contributed by atoms with Crippen LogP contribution in [-0.2, 0) is 25.8 Å². The third-order valence-corrected chi connectivity index (χ3v) is 4.55. The second-order valence-corrected chi connectivity index (χ2v) is 5.78. The van der Waals surface area contributed by atoms with Crippen molar-refractivity contribution in [2.45, 2.75) is 39.7 Å². The lowest BCUT2D eigenvalue weighted by Gasteiger charge is -2.09. The Labute approximate surface area is 133 Å². The molecule has 0 unspecified atom stereocenters. The van der Waals surface area contributed by atoms with Crippen LogP contribution < -0.4 is 5.73 Å². The van der Waals surface area contributed by atoms with Crippen molar-refractivity contribution in [3.8, 4) is 0 Å². The zero-order valence-corrected chi connectivity index (χ0v) is 14.1. The Hall–Kier alpha value is -1.20. The van der Waals surface area contributed by atoms with E-state index in [9.17, 15) is 4.39 Å². The molecule has 3 nitrogen and oxygen atoms in total. The highest BCUT2D eigenvalue weighted by Crippen LogP contribution is 2.23. The van der Waals surface area contributed by atoms with Gasteiger partial charge in [-0.1, -0.05) is 26.0 Å². The van der Waals surface area contributed by atoms with Crippen LogP contribution in [0.2, 0.25) is 0 Å². The van der Waals surface area contributed by atoms with Gasteiger partial charge in [0, 0.05) is 5.69 Å². The highest BCUT2D eigenvalue weighted by molar-refractivity contribution is 9.10. The van der Waals surface area contributed by atoms with Crippen molar-refractivity contribution < 1.29 is 4.39 Å². The second-order valence-electron chi connectivity index (χ2n) is 4.99. The first-order valence-electron chi connectivity index (χ1n) is 7.32. The Morgan fingerprint density at radius 2 is 2.05 bits per heavy atom. The molecular weight excluding hydrogens is 333 g/mol. The van der Waals surface area contributed by atoms with Gasteiger partial charge in [-0.15, -0.1) is 0 Å². The topological polar surface area (TPSA) is 43.8 Å². The Balaban J connectivity index is 2.42. The quantitative estimate of drug-likeness (QED) is 0.864. The van der Waals surface area contributed by atoms with Crippen LogP contribution >= 0.6 is 15.9 Å². The van der Waals surface area contributed by atoms with Crippen molar-refractivity contribution in [2.75, 3.05) is 6.54 Å². The molecule has 0 radical (unpaired) electrons. The van der Waals surface area contributed by atoms with Gasteiger partial charge in [0.15, 0.2) is 0 Å². The van der Waals surface area contributed by atoms with E-state index in [2.05, 4.69) is 29.8 Å². The van der Waals surface area contributed by atoms with Crippen LogP contribution in [0.15, 0.2) is 22.7 Å². The molecule has 0 aliphatic rings. The predicted molar refractivity (Wildman–Crippen MR) is 86.9 cm³/mol. The highest BCUT2D eigenvalue weighted by Gasteiger charge is 2.16. The Bertz CT molecular complexity index is 622. The van der Waals surface area contributed by atoms with E-state index in [4.69, 9.17) is 10.8 Å². The molecule has 0 saturated carbocycles. The molecule has 0 fully saturated rings. The van der Waals surface area contributed by atoms with Crippen LogP contribution in [0.4, 0.5) is 4.39 Å². The summed E-state index contributed by atoms with van der Waals surface area (Å²) in [6.07, 6.45) is 2.63. The number of hydrogen-bond donors (Lipinski definition) is 1. The molecule has 0 spiro atoms. The Morgan fingerprint density at radius 3 is 2.67 bits per heavy atom. The molecule has 0 aliphatic carbocycles. The van der Waals surface area contributed by atoms with Crippen LogP contribution in [0.25, 0.3) is 0 Å². The normalized spacial score (nSPS) is 11.1. The van der Waals surface area contributed by atoms with Crippen molar-refractivity contribution in [1.29, 1.82) is 0 Å². The molecule has 0 aliphatic heterocycles. The maximum absolute atomic E-state index is 13.6. The number of rotatable bonds is 6. The van der Waals surface area contributed by atoms with Crippen LogP contribution in [0, 0.1) is 5.82 Å². The first kappa shape index (κ1) is 16.2. The minimum absolute atomic E-state index is 0.240. The van der Waals surface area contributed by atoms with Crippen molar-refractivity contribution >= 4 is 15.9 Å². The van der Waals surface area contributed by atoms with Crippen molar-refractivity contribution in [1.82, 2.24) is 9.78 Å². The predicted octanol–water partition coefficient (Wildman–Crippen LogP) is 3.46. The lowest BCUT2D eigenvalue weighted by molar-refractivity contribution is 0.603. The molecule has 0 amide bonds. The zero-order valence-electron chi connectivity index (χ0n) is 12.5. The third-order valence-electron chi connectivity index (χ3n) is 3.67. The summed E-state index contributed by atoms with van der Waals surface area (Å²) in [6, 6.07) is 5.10. The van der Waals surface area contributed by atoms with E-state index in [1.807, 2.05) is 10.7 Å². The maximum Gasteiger partial charge on any atom is 0.137 e. The fourth-order valence-electron chi connectivity index (χ4n) is 2.66. The van der Waals surface area contributed by atoms with Gasteiger partial charge in [0.05, 0.1) is 16.7 Å². The van der Waals surface area contributed by atoms with Gasteiger partial charge in [0.1, 0.15) is 5.82 Å². The monoisotopic (exact) mass is 353 g/mol. The molecular formula is C16H21BrFN3. The fraction of sp³-hybridized carbons (Fsp3) is 0.438. The maximum atomic E-state index is 13.6. The molecule has 1 aromatic carbocycles. The molecule has 0 bridgehead atoms. The van der Waals surface area contributed by atoms with Gasteiger partial charge >= 0.3 is 0 Å². The molecule has 0 saturated heterocycles. The van der Waals surface area contributed by atoms with Crippen LogP contribution in [-0.4, -0.2) is 16.3 Å². The summed E-state index contributed by atoms with van der Waals surface area (Å²) in [4.78, 5) is 0. The Morgan fingerprint density at radius 1 is 1.29 bits per heavy atom. The number of nitrogens with two attached hydrogens (primary N) is 1. The standard InChI is InChI=1S/C16H21BrFN3/c1-3-14-12(8-9-19)15(4-2)21(20-14)10-11-6-5-7-13(18)16(11)17/h5-7H,3-4,8-10,19H2,1-2H3. The molecule has 5 heteroatoms. The van der Waals surface area contributed by atoms with E-state index in [-0.39, 0.29) is 5.82 Å². The van der Waals surface area contributed by atoms with Crippen molar-refractivity contribution in [2.24, 2.45) is 5.73 Å². The third kappa shape index (κ3) is 3.35. The first-order chi connectivity index (χ1) is 10.1. The van der Waals surface area contributed by atoms with E-state index in [1.54, 1.807) is 6.07 Å². The van der Waals surface area contributed by atoms with E-state index < -0.39 is 0 Å². The van der Waals surface area contributed by atoms with Crippen LogP contribution in [0.3, 0.4) is 0 Å². The molecule has 2 aromatic rings. The number of benzene rings is 1. The summed E-state index contributed by atoms with van der Waals surface area (Å²) in [5, 5.41) is 4.70. The number of hydrogen-bond acceptors (Lipinski definition) is 2. The average molecular weight is 354 g/mol. The summed E-state index contributed by atoms with van der Waals surface area (Å²) in [5.74, 6) is -0.240. The Kier molecular flexibility index (Phi) is 5.53. The largest absolute Gasteiger partial charge is 0.330 e. The summed E-state index contributed by atoms with van der Waals surface area (Å²) >= 11 is 3.32. The summed E-state index contributed by atoms with van der Waals surface area (Å²) in [6.45, 7) is 5.41. The zero-order chi connectivity index (χ0) is 15.4. The minimum atomic E-state index is -0.240. The van der Waals surface area contributed by atoms with Gasteiger partial charge in [-0.05, 0) is 58.9 Å². The smallest absolute Gasteiger partial charge is 0.137 e. The average Bonchev–Trinajstić information content (AvgIpc) is 2.81. The minimum Gasteiger partial charge on any atom is -0.330 e. The second kappa shape index (κ2) is 7.18. The lowest BCUT2D eigenvalue weighted by Crippen LogP contribution is -2.09. The first-order valence-corrected chi connectivity index (χ1v) is 8.12. The van der Waals surface area contributed by atoms with Gasteiger partial charge in [-0.2, -0.15) is 5.10 Å². The highest BCUT2D eigenvalue weighted by atomic mass is 79.9.